The largest absolute Gasteiger partial charge is 0.497 e. The summed E-state index contributed by atoms with van der Waals surface area (Å²) in [7, 11) is 1.56. The van der Waals surface area contributed by atoms with Crippen LogP contribution in [0.5, 0.6) is 5.75 Å². The van der Waals surface area contributed by atoms with Crippen molar-refractivity contribution in [2.45, 2.75) is 13.8 Å². The highest BCUT2D eigenvalue weighted by atomic mass is 16.6. The van der Waals surface area contributed by atoms with E-state index in [2.05, 4.69) is 20.6 Å². The number of nitro groups is 1. The van der Waals surface area contributed by atoms with Gasteiger partial charge in [-0.05, 0) is 30.2 Å². The highest BCUT2D eigenvalue weighted by Crippen LogP contribution is 2.31. The second-order valence-corrected chi connectivity index (χ2v) is 5.52. The van der Waals surface area contributed by atoms with E-state index >= 15 is 0 Å². The Kier molecular flexibility index (Phi) is 5.35. The van der Waals surface area contributed by atoms with Gasteiger partial charge in [0.1, 0.15) is 5.75 Å². The van der Waals surface area contributed by atoms with Crippen molar-refractivity contribution in [3.8, 4) is 5.75 Å². The SMILES string of the molecule is COc1ccc(Nc2nc(NCC(C)C)nc(N)c2[N+](=O)[O-])cc1. The lowest BCUT2D eigenvalue weighted by atomic mass is 10.2. The van der Waals surface area contributed by atoms with Crippen molar-refractivity contribution in [3.63, 3.8) is 0 Å². The summed E-state index contributed by atoms with van der Waals surface area (Å²) in [6.07, 6.45) is 0. The van der Waals surface area contributed by atoms with E-state index in [4.69, 9.17) is 10.5 Å². The minimum Gasteiger partial charge on any atom is -0.497 e. The molecule has 9 nitrogen and oxygen atoms in total. The number of nitrogens with one attached hydrogen (secondary N) is 2. The Morgan fingerprint density at radius 2 is 1.96 bits per heavy atom. The monoisotopic (exact) mass is 332 g/mol. The maximum atomic E-state index is 11.3. The highest BCUT2D eigenvalue weighted by Gasteiger charge is 2.23. The van der Waals surface area contributed by atoms with Crippen molar-refractivity contribution < 1.29 is 9.66 Å². The van der Waals surface area contributed by atoms with E-state index in [1.165, 1.54) is 0 Å². The van der Waals surface area contributed by atoms with Gasteiger partial charge in [0.05, 0.1) is 12.0 Å². The number of nitrogens with zero attached hydrogens (tertiary/aromatic N) is 3. The van der Waals surface area contributed by atoms with Gasteiger partial charge in [-0.3, -0.25) is 10.1 Å². The Bertz CT molecular complexity index is 718. The molecule has 4 N–H and O–H groups in total. The molecule has 0 atom stereocenters. The van der Waals surface area contributed by atoms with Gasteiger partial charge in [-0.25, -0.2) is 0 Å². The van der Waals surface area contributed by atoms with Gasteiger partial charge in [-0.2, -0.15) is 9.97 Å². The maximum Gasteiger partial charge on any atom is 0.353 e. The van der Waals surface area contributed by atoms with Gasteiger partial charge in [0, 0.05) is 12.2 Å². The van der Waals surface area contributed by atoms with Crippen molar-refractivity contribution in [1.82, 2.24) is 9.97 Å². The fourth-order valence-corrected chi connectivity index (χ4v) is 1.92. The lowest BCUT2D eigenvalue weighted by Crippen LogP contribution is -2.13. The van der Waals surface area contributed by atoms with E-state index in [-0.39, 0.29) is 23.3 Å². The highest BCUT2D eigenvalue weighted by molar-refractivity contribution is 5.74. The Hall–Kier alpha value is -3.10. The Morgan fingerprint density at radius 1 is 1.29 bits per heavy atom. The minimum absolute atomic E-state index is 0.0314. The van der Waals surface area contributed by atoms with Crippen LogP contribution >= 0.6 is 0 Å². The van der Waals surface area contributed by atoms with Crippen LogP contribution in [0.3, 0.4) is 0 Å². The fourth-order valence-electron chi connectivity index (χ4n) is 1.92. The second kappa shape index (κ2) is 7.44. The normalized spacial score (nSPS) is 10.5. The third-order valence-electron chi connectivity index (χ3n) is 3.11. The Labute approximate surface area is 139 Å². The topological polar surface area (TPSA) is 128 Å². The van der Waals surface area contributed by atoms with Gasteiger partial charge < -0.3 is 21.1 Å². The molecule has 0 spiro atoms. The summed E-state index contributed by atoms with van der Waals surface area (Å²) in [6, 6.07) is 6.91. The van der Waals surface area contributed by atoms with Gasteiger partial charge in [0.2, 0.25) is 17.6 Å². The van der Waals surface area contributed by atoms with E-state index in [0.717, 1.165) is 0 Å². The van der Waals surface area contributed by atoms with Crippen LogP contribution in [0.25, 0.3) is 0 Å². The third kappa shape index (κ3) is 4.22. The summed E-state index contributed by atoms with van der Waals surface area (Å²) >= 11 is 0. The number of rotatable bonds is 7. The standard InChI is InChI=1S/C15H20N6O3/c1-9(2)8-17-15-19-13(16)12(21(22)23)14(20-15)18-10-4-6-11(24-3)7-5-10/h4-7,9H,8H2,1-3H3,(H4,16,17,18,19,20). The number of anilines is 4. The first-order valence-corrected chi connectivity index (χ1v) is 7.37. The summed E-state index contributed by atoms with van der Waals surface area (Å²) in [5.74, 6) is 1.11. The second-order valence-electron chi connectivity index (χ2n) is 5.52. The van der Waals surface area contributed by atoms with Crippen LogP contribution in [-0.4, -0.2) is 28.5 Å². The molecular weight excluding hydrogens is 312 g/mol. The summed E-state index contributed by atoms with van der Waals surface area (Å²) in [6.45, 7) is 4.68. The first-order chi connectivity index (χ1) is 11.4. The number of hydrogen-bond acceptors (Lipinski definition) is 8. The minimum atomic E-state index is -0.604. The summed E-state index contributed by atoms with van der Waals surface area (Å²) in [4.78, 5) is 18.8. The molecule has 1 aromatic heterocycles. The van der Waals surface area contributed by atoms with Gasteiger partial charge in [0.25, 0.3) is 0 Å². The number of aromatic nitrogens is 2. The molecule has 0 aliphatic heterocycles. The van der Waals surface area contributed by atoms with Crippen LogP contribution in [0.15, 0.2) is 24.3 Å². The summed E-state index contributed by atoms with van der Waals surface area (Å²) in [5, 5.41) is 17.2. The van der Waals surface area contributed by atoms with Gasteiger partial charge in [-0.15, -0.1) is 0 Å². The first-order valence-electron chi connectivity index (χ1n) is 7.37. The molecule has 0 bridgehead atoms. The third-order valence-corrected chi connectivity index (χ3v) is 3.11. The van der Waals surface area contributed by atoms with E-state index in [0.29, 0.717) is 23.9 Å². The molecule has 9 heteroatoms. The quantitative estimate of drug-likeness (QED) is 0.521. The zero-order valence-electron chi connectivity index (χ0n) is 13.7. The molecule has 1 aromatic carbocycles. The van der Waals surface area contributed by atoms with Crippen LogP contribution in [0.2, 0.25) is 0 Å². The predicted molar refractivity (Wildman–Crippen MR) is 92.7 cm³/mol. The van der Waals surface area contributed by atoms with Crippen LogP contribution in [-0.2, 0) is 0 Å². The molecule has 24 heavy (non-hydrogen) atoms. The number of hydrogen-bond donors (Lipinski definition) is 3. The average Bonchev–Trinajstić information content (AvgIpc) is 2.53. The van der Waals surface area contributed by atoms with Gasteiger partial charge in [0.15, 0.2) is 0 Å². The lowest BCUT2D eigenvalue weighted by molar-refractivity contribution is -0.383. The lowest BCUT2D eigenvalue weighted by Gasteiger charge is -2.12. The Morgan fingerprint density at radius 3 is 2.50 bits per heavy atom. The van der Waals surface area contributed by atoms with E-state index < -0.39 is 4.92 Å². The van der Waals surface area contributed by atoms with Crippen molar-refractivity contribution in [3.05, 3.63) is 34.4 Å². The molecule has 0 aliphatic rings. The number of methoxy groups -OCH3 is 1. The van der Waals surface area contributed by atoms with Gasteiger partial charge in [-0.1, -0.05) is 13.8 Å². The molecule has 0 unspecified atom stereocenters. The molecule has 2 rings (SSSR count). The Balaban J connectivity index is 2.34. The van der Waals surface area contributed by atoms with E-state index in [1.54, 1.807) is 31.4 Å². The zero-order valence-corrected chi connectivity index (χ0v) is 13.7. The van der Waals surface area contributed by atoms with Gasteiger partial charge >= 0.3 is 5.69 Å². The number of nitrogens with two attached hydrogens (primary N) is 1. The van der Waals surface area contributed by atoms with E-state index in [9.17, 15) is 10.1 Å². The molecule has 0 aliphatic carbocycles. The number of nitrogen functional groups attached to an aromatic ring is 1. The predicted octanol–water partition coefficient (Wildman–Crippen LogP) is 2.79. The van der Waals surface area contributed by atoms with Crippen LogP contribution < -0.4 is 21.1 Å². The van der Waals surface area contributed by atoms with Crippen LogP contribution in [0.4, 0.5) is 29.0 Å². The summed E-state index contributed by atoms with van der Waals surface area (Å²) in [5.41, 5.74) is 5.99. The fraction of sp³-hybridized carbons (Fsp3) is 0.333. The molecule has 128 valence electrons. The maximum absolute atomic E-state index is 11.3. The summed E-state index contributed by atoms with van der Waals surface area (Å²) < 4.78 is 5.08. The van der Waals surface area contributed by atoms with Crippen molar-refractivity contribution >= 4 is 29.0 Å². The molecule has 0 saturated carbocycles. The average molecular weight is 332 g/mol. The molecule has 0 amide bonds. The number of ether oxygens (including phenoxy) is 1. The van der Waals surface area contributed by atoms with Crippen molar-refractivity contribution in [2.24, 2.45) is 5.92 Å². The van der Waals surface area contributed by atoms with Crippen LogP contribution in [0, 0.1) is 16.0 Å². The molecule has 0 fully saturated rings. The van der Waals surface area contributed by atoms with Crippen LogP contribution in [0.1, 0.15) is 13.8 Å². The first kappa shape index (κ1) is 17.3. The molecule has 0 radical (unpaired) electrons. The van der Waals surface area contributed by atoms with E-state index in [1.807, 2.05) is 13.8 Å². The van der Waals surface area contributed by atoms with Crippen molar-refractivity contribution in [1.29, 1.82) is 0 Å². The smallest absolute Gasteiger partial charge is 0.353 e. The molecule has 0 saturated heterocycles. The molecule has 1 heterocycles. The number of benzene rings is 1. The molecular formula is C15H20N6O3. The zero-order chi connectivity index (χ0) is 17.7. The van der Waals surface area contributed by atoms with Crippen molar-refractivity contribution in [2.75, 3.05) is 30.0 Å². The molecule has 2 aromatic rings.